The molecule has 0 aliphatic rings. The number of nitrogens with one attached hydrogen (secondary N) is 2. The Morgan fingerprint density at radius 3 is 2.55 bits per heavy atom. The summed E-state index contributed by atoms with van der Waals surface area (Å²) >= 11 is 5.84. The fourth-order valence-corrected chi connectivity index (χ4v) is 2.27. The lowest BCUT2D eigenvalue weighted by molar-refractivity contribution is -0.121. The maximum Gasteiger partial charge on any atom is 0.221 e. The average Bonchev–Trinajstić information content (AvgIpc) is 2.51. The van der Waals surface area contributed by atoms with E-state index in [1.54, 1.807) is 0 Å². The fraction of sp³-hybridized carbons (Fsp3) is 0.278. The second-order valence-electron chi connectivity index (χ2n) is 5.32. The van der Waals surface area contributed by atoms with Crippen LogP contribution in [0.4, 0.5) is 0 Å². The monoisotopic (exact) mass is 316 g/mol. The Labute approximate surface area is 136 Å². The molecule has 2 N–H and O–H groups in total. The number of rotatable bonds is 7. The maximum absolute atomic E-state index is 11.8. The summed E-state index contributed by atoms with van der Waals surface area (Å²) in [6, 6.07) is 15.8. The summed E-state index contributed by atoms with van der Waals surface area (Å²) in [7, 11) is 0. The van der Waals surface area contributed by atoms with Crippen LogP contribution in [0.15, 0.2) is 48.5 Å². The molecule has 2 aromatic rings. The number of aryl methyl sites for hydroxylation is 1. The van der Waals surface area contributed by atoms with Crippen LogP contribution in [0.3, 0.4) is 0 Å². The predicted octanol–water partition coefficient (Wildman–Crippen LogP) is 3.44. The van der Waals surface area contributed by atoms with E-state index in [4.69, 9.17) is 11.6 Å². The maximum atomic E-state index is 11.8. The van der Waals surface area contributed by atoms with Gasteiger partial charge in [-0.2, -0.15) is 0 Å². The molecule has 0 bridgehead atoms. The summed E-state index contributed by atoms with van der Waals surface area (Å²) in [5.41, 5.74) is 3.49. The van der Waals surface area contributed by atoms with Crippen LogP contribution in [-0.4, -0.2) is 12.5 Å². The first kappa shape index (κ1) is 16.5. The highest BCUT2D eigenvalue weighted by Gasteiger charge is 2.01. The smallest absolute Gasteiger partial charge is 0.221 e. The molecule has 0 radical (unpaired) electrons. The Hall–Kier alpha value is -1.84. The summed E-state index contributed by atoms with van der Waals surface area (Å²) in [4.78, 5) is 11.8. The number of hydrogen-bond acceptors (Lipinski definition) is 2. The van der Waals surface area contributed by atoms with Gasteiger partial charge in [-0.15, -0.1) is 0 Å². The van der Waals surface area contributed by atoms with Gasteiger partial charge in [0.25, 0.3) is 0 Å². The first-order chi connectivity index (χ1) is 10.6. The van der Waals surface area contributed by atoms with Gasteiger partial charge >= 0.3 is 0 Å². The number of carbonyl (C=O) groups is 1. The van der Waals surface area contributed by atoms with E-state index >= 15 is 0 Å². The van der Waals surface area contributed by atoms with Crippen LogP contribution in [-0.2, 0) is 17.9 Å². The summed E-state index contributed by atoms with van der Waals surface area (Å²) in [5, 5.41) is 6.93. The van der Waals surface area contributed by atoms with E-state index in [9.17, 15) is 4.79 Å². The van der Waals surface area contributed by atoms with Gasteiger partial charge in [-0.05, 0) is 30.2 Å². The molecule has 0 spiro atoms. The van der Waals surface area contributed by atoms with Crippen molar-refractivity contribution < 1.29 is 4.79 Å². The molecule has 0 saturated heterocycles. The molecular weight excluding hydrogens is 296 g/mol. The average molecular weight is 317 g/mol. The standard InChI is InChI=1S/C18H21ClN2O/c1-14-3-2-4-16(11-14)13-21-18(22)9-10-20-12-15-5-7-17(19)8-6-15/h2-8,11,20H,9-10,12-13H2,1H3,(H,21,22). The second-order valence-corrected chi connectivity index (χ2v) is 5.76. The molecule has 0 aliphatic carbocycles. The predicted molar refractivity (Wildman–Crippen MR) is 90.8 cm³/mol. The molecule has 0 aromatic heterocycles. The van der Waals surface area contributed by atoms with Crippen molar-refractivity contribution in [3.8, 4) is 0 Å². The Morgan fingerprint density at radius 2 is 1.82 bits per heavy atom. The first-order valence-electron chi connectivity index (χ1n) is 7.41. The van der Waals surface area contributed by atoms with Gasteiger partial charge in [0.2, 0.25) is 5.91 Å². The van der Waals surface area contributed by atoms with Crippen molar-refractivity contribution in [3.05, 3.63) is 70.2 Å². The second kappa shape index (κ2) is 8.57. The fourth-order valence-electron chi connectivity index (χ4n) is 2.15. The van der Waals surface area contributed by atoms with Gasteiger partial charge in [0.05, 0.1) is 0 Å². The minimum Gasteiger partial charge on any atom is -0.352 e. The van der Waals surface area contributed by atoms with Crippen molar-refractivity contribution in [1.82, 2.24) is 10.6 Å². The lowest BCUT2D eigenvalue weighted by atomic mass is 10.1. The van der Waals surface area contributed by atoms with Crippen LogP contribution in [0.1, 0.15) is 23.1 Å². The van der Waals surface area contributed by atoms with Crippen LogP contribution in [0.2, 0.25) is 5.02 Å². The molecule has 0 saturated carbocycles. The van der Waals surface area contributed by atoms with Crippen molar-refractivity contribution in [1.29, 1.82) is 0 Å². The van der Waals surface area contributed by atoms with Gasteiger partial charge in [-0.3, -0.25) is 4.79 Å². The summed E-state index contributed by atoms with van der Waals surface area (Å²) in [6.07, 6.45) is 0.472. The third kappa shape index (κ3) is 5.88. The minimum atomic E-state index is 0.0603. The molecule has 116 valence electrons. The van der Waals surface area contributed by atoms with Crippen LogP contribution < -0.4 is 10.6 Å². The van der Waals surface area contributed by atoms with Crippen molar-refractivity contribution >= 4 is 17.5 Å². The normalized spacial score (nSPS) is 10.5. The molecule has 1 amide bonds. The molecule has 2 aromatic carbocycles. The van der Waals surface area contributed by atoms with Crippen molar-refractivity contribution in [2.24, 2.45) is 0 Å². The molecule has 4 heteroatoms. The highest BCUT2D eigenvalue weighted by molar-refractivity contribution is 6.30. The molecule has 0 heterocycles. The molecule has 0 unspecified atom stereocenters. The quantitative estimate of drug-likeness (QED) is 0.768. The number of halogens is 1. The van der Waals surface area contributed by atoms with Gasteiger partial charge in [0.1, 0.15) is 0 Å². The number of carbonyl (C=O) groups excluding carboxylic acids is 1. The zero-order valence-corrected chi connectivity index (χ0v) is 13.5. The number of amides is 1. The van der Waals surface area contributed by atoms with Gasteiger partial charge < -0.3 is 10.6 Å². The largest absolute Gasteiger partial charge is 0.352 e. The highest BCUT2D eigenvalue weighted by Crippen LogP contribution is 2.09. The number of hydrogen-bond donors (Lipinski definition) is 2. The summed E-state index contributed by atoms with van der Waals surface area (Å²) in [5.74, 6) is 0.0603. The minimum absolute atomic E-state index is 0.0603. The number of benzene rings is 2. The third-order valence-electron chi connectivity index (χ3n) is 3.34. The molecule has 22 heavy (non-hydrogen) atoms. The van der Waals surface area contributed by atoms with E-state index in [-0.39, 0.29) is 5.91 Å². The van der Waals surface area contributed by atoms with Gasteiger partial charge in [0.15, 0.2) is 0 Å². The van der Waals surface area contributed by atoms with Gasteiger partial charge in [-0.1, -0.05) is 53.6 Å². The van der Waals surface area contributed by atoms with E-state index in [1.165, 1.54) is 5.56 Å². The molecule has 3 nitrogen and oxygen atoms in total. The lowest BCUT2D eigenvalue weighted by Crippen LogP contribution is -2.27. The Bertz CT molecular complexity index is 611. The van der Waals surface area contributed by atoms with E-state index < -0.39 is 0 Å². The van der Waals surface area contributed by atoms with Gasteiger partial charge in [-0.25, -0.2) is 0 Å². The molecule has 0 fully saturated rings. The van der Waals surface area contributed by atoms with Crippen LogP contribution in [0, 0.1) is 6.92 Å². The SMILES string of the molecule is Cc1cccc(CNC(=O)CCNCc2ccc(Cl)cc2)c1. The summed E-state index contributed by atoms with van der Waals surface area (Å²) in [6.45, 7) is 4.02. The molecule has 0 atom stereocenters. The molecule has 0 aliphatic heterocycles. The third-order valence-corrected chi connectivity index (χ3v) is 3.60. The van der Waals surface area contributed by atoms with Crippen LogP contribution in [0.25, 0.3) is 0 Å². The molecular formula is C18H21ClN2O. The van der Waals surface area contributed by atoms with E-state index in [0.717, 1.165) is 22.7 Å². The van der Waals surface area contributed by atoms with Gasteiger partial charge in [0, 0.05) is 31.1 Å². The Balaban J connectivity index is 1.62. The zero-order chi connectivity index (χ0) is 15.8. The van der Waals surface area contributed by atoms with Crippen molar-refractivity contribution in [3.63, 3.8) is 0 Å². The summed E-state index contributed by atoms with van der Waals surface area (Å²) < 4.78 is 0. The van der Waals surface area contributed by atoms with Crippen molar-refractivity contribution in [2.45, 2.75) is 26.4 Å². The topological polar surface area (TPSA) is 41.1 Å². The van der Waals surface area contributed by atoms with Crippen LogP contribution >= 0.6 is 11.6 Å². The van der Waals surface area contributed by atoms with E-state index in [0.29, 0.717) is 19.5 Å². The Morgan fingerprint density at radius 1 is 1.05 bits per heavy atom. The van der Waals surface area contributed by atoms with E-state index in [2.05, 4.69) is 16.7 Å². The zero-order valence-electron chi connectivity index (χ0n) is 12.7. The Kier molecular flexibility index (Phi) is 6.44. The van der Waals surface area contributed by atoms with E-state index in [1.807, 2.05) is 49.4 Å². The molecule has 2 rings (SSSR count). The van der Waals surface area contributed by atoms with Crippen molar-refractivity contribution in [2.75, 3.05) is 6.54 Å². The van der Waals surface area contributed by atoms with Crippen LogP contribution in [0.5, 0.6) is 0 Å². The highest BCUT2D eigenvalue weighted by atomic mass is 35.5. The lowest BCUT2D eigenvalue weighted by Gasteiger charge is -2.07. The first-order valence-corrected chi connectivity index (χ1v) is 7.79.